The van der Waals surface area contributed by atoms with Gasteiger partial charge in [0.25, 0.3) is 0 Å². The van der Waals surface area contributed by atoms with E-state index in [0.29, 0.717) is 24.2 Å². The predicted octanol–water partition coefficient (Wildman–Crippen LogP) is 0.611. The molecule has 0 spiro atoms. The largest absolute Gasteiger partial charge is 0.390 e. The Kier molecular flexibility index (Phi) is 3.53. The number of rotatable bonds is 3. The zero-order valence-electron chi connectivity index (χ0n) is 7.16. The molecule has 1 aliphatic heterocycles. The van der Waals surface area contributed by atoms with Gasteiger partial charge in [-0.25, -0.2) is 0 Å². The van der Waals surface area contributed by atoms with Crippen LogP contribution in [0.2, 0.25) is 0 Å². The second-order valence-electron chi connectivity index (χ2n) is 3.42. The van der Waals surface area contributed by atoms with Crippen LogP contribution in [0.25, 0.3) is 0 Å². The molecule has 1 saturated heterocycles. The van der Waals surface area contributed by atoms with Crippen LogP contribution < -0.4 is 0 Å². The molecule has 12 heavy (non-hydrogen) atoms. The van der Waals surface area contributed by atoms with Crippen LogP contribution in [0.15, 0.2) is 0 Å². The smallest absolute Gasteiger partial charge is 0.223 e. The van der Waals surface area contributed by atoms with Crippen molar-refractivity contribution in [2.24, 2.45) is 5.92 Å². The molecule has 0 saturated carbocycles. The van der Waals surface area contributed by atoms with Crippen LogP contribution in [0.1, 0.15) is 13.3 Å². The van der Waals surface area contributed by atoms with E-state index in [2.05, 4.69) is 22.9 Å². The summed E-state index contributed by atoms with van der Waals surface area (Å²) < 4.78 is 0. The molecule has 1 aliphatic rings. The third-order valence-corrected chi connectivity index (χ3v) is 2.76. The van der Waals surface area contributed by atoms with Gasteiger partial charge in [-0.1, -0.05) is 22.9 Å². The SMILES string of the molecule is CC1CC(=O)N(CC(O)CBr)C1. The van der Waals surface area contributed by atoms with Crippen molar-refractivity contribution in [1.29, 1.82) is 0 Å². The normalized spacial score (nSPS) is 26.4. The van der Waals surface area contributed by atoms with Crippen molar-refractivity contribution in [2.75, 3.05) is 18.4 Å². The Hall–Kier alpha value is -0.0900. The lowest BCUT2D eigenvalue weighted by Gasteiger charge is -2.18. The number of hydrogen-bond donors (Lipinski definition) is 1. The number of carbonyl (C=O) groups is 1. The first-order valence-electron chi connectivity index (χ1n) is 4.15. The highest BCUT2D eigenvalue weighted by molar-refractivity contribution is 9.09. The summed E-state index contributed by atoms with van der Waals surface area (Å²) in [4.78, 5) is 13.0. The van der Waals surface area contributed by atoms with Crippen molar-refractivity contribution in [3.05, 3.63) is 0 Å². The Labute approximate surface area is 80.9 Å². The van der Waals surface area contributed by atoms with Crippen LogP contribution in [-0.2, 0) is 4.79 Å². The highest BCUT2D eigenvalue weighted by Crippen LogP contribution is 2.16. The number of nitrogens with zero attached hydrogens (tertiary/aromatic N) is 1. The number of aliphatic hydroxyl groups excluding tert-OH is 1. The minimum atomic E-state index is -0.431. The fraction of sp³-hybridized carbons (Fsp3) is 0.875. The van der Waals surface area contributed by atoms with Gasteiger partial charge < -0.3 is 10.0 Å². The number of amides is 1. The lowest BCUT2D eigenvalue weighted by Crippen LogP contribution is -2.34. The molecule has 1 N–H and O–H groups in total. The van der Waals surface area contributed by atoms with Gasteiger partial charge >= 0.3 is 0 Å². The number of β-amino-alcohol motifs (C(OH)–C–C–N with tert-alkyl or cyclic N) is 1. The van der Waals surface area contributed by atoms with E-state index in [0.717, 1.165) is 6.54 Å². The predicted molar refractivity (Wildman–Crippen MR) is 50.2 cm³/mol. The molecular weight excluding hydrogens is 222 g/mol. The Balaban J connectivity index is 2.37. The third-order valence-electron chi connectivity index (χ3n) is 2.02. The minimum Gasteiger partial charge on any atom is -0.390 e. The second-order valence-corrected chi connectivity index (χ2v) is 4.06. The molecule has 2 atom stereocenters. The quantitative estimate of drug-likeness (QED) is 0.729. The molecule has 0 aliphatic carbocycles. The molecule has 0 bridgehead atoms. The van der Waals surface area contributed by atoms with Crippen LogP contribution in [0, 0.1) is 5.92 Å². The number of carbonyl (C=O) groups excluding carboxylic acids is 1. The summed E-state index contributed by atoms with van der Waals surface area (Å²) in [6.45, 7) is 3.32. The summed E-state index contributed by atoms with van der Waals surface area (Å²) in [5.74, 6) is 0.613. The van der Waals surface area contributed by atoms with Gasteiger partial charge in [0.15, 0.2) is 0 Å². The molecule has 0 aromatic heterocycles. The topological polar surface area (TPSA) is 40.5 Å². The van der Waals surface area contributed by atoms with E-state index in [1.807, 2.05) is 0 Å². The van der Waals surface area contributed by atoms with Gasteiger partial charge in [-0.15, -0.1) is 0 Å². The highest BCUT2D eigenvalue weighted by atomic mass is 79.9. The molecule has 2 unspecified atom stereocenters. The molecule has 70 valence electrons. The van der Waals surface area contributed by atoms with E-state index in [1.54, 1.807) is 4.90 Å². The Morgan fingerprint density at radius 3 is 2.92 bits per heavy atom. The molecule has 1 fully saturated rings. The van der Waals surface area contributed by atoms with Gasteiger partial charge in [0.1, 0.15) is 0 Å². The maximum atomic E-state index is 11.2. The van der Waals surface area contributed by atoms with Crippen LogP contribution in [0.4, 0.5) is 0 Å². The standard InChI is InChI=1S/C8H14BrNO2/c1-6-2-8(12)10(4-6)5-7(11)3-9/h6-7,11H,2-5H2,1H3. The van der Waals surface area contributed by atoms with Crippen LogP contribution in [0.3, 0.4) is 0 Å². The molecule has 4 heteroatoms. The molecule has 1 amide bonds. The molecule has 1 heterocycles. The monoisotopic (exact) mass is 235 g/mol. The van der Waals surface area contributed by atoms with Crippen LogP contribution >= 0.6 is 15.9 Å². The zero-order valence-corrected chi connectivity index (χ0v) is 8.75. The molecule has 0 aromatic rings. The number of halogens is 1. The summed E-state index contributed by atoms with van der Waals surface area (Å²) in [5.41, 5.74) is 0. The van der Waals surface area contributed by atoms with Gasteiger partial charge in [0, 0.05) is 24.8 Å². The van der Waals surface area contributed by atoms with Crippen LogP contribution in [0.5, 0.6) is 0 Å². The Morgan fingerprint density at radius 1 is 1.83 bits per heavy atom. The molecule has 0 aromatic carbocycles. The highest BCUT2D eigenvalue weighted by Gasteiger charge is 2.27. The first-order valence-corrected chi connectivity index (χ1v) is 5.27. The fourth-order valence-corrected chi connectivity index (χ4v) is 1.65. The van der Waals surface area contributed by atoms with Crippen molar-refractivity contribution in [1.82, 2.24) is 4.90 Å². The van der Waals surface area contributed by atoms with Crippen LogP contribution in [-0.4, -0.2) is 40.4 Å². The average Bonchev–Trinajstić information content (AvgIpc) is 2.30. The molecular formula is C8H14BrNO2. The maximum absolute atomic E-state index is 11.2. The van der Waals surface area contributed by atoms with Gasteiger partial charge in [0.05, 0.1) is 6.10 Å². The summed E-state index contributed by atoms with van der Waals surface area (Å²) in [6.07, 6.45) is 0.203. The maximum Gasteiger partial charge on any atom is 0.223 e. The van der Waals surface area contributed by atoms with Crippen molar-refractivity contribution in [3.8, 4) is 0 Å². The Morgan fingerprint density at radius 2 is 2.50 bits per heavy atom. The number of alkyl halides is 1. The molecule has 3 nitrogen and oxygen atoms in total. The minimum absolute atomic E-state index is 0.169. The van der Waals surface area contributed by atoms with E-state index in [4.69, 9.17) is 0 Å². The Bertz CT molecular complexity index is 174. The van der Waals surface area contributed by atoms with Crippen molar-refractivity contribution >= 4 is 21.8 Å². The van der Waals surface area contributed by atoms with E-state index in [9.17, 15) is 9.90 Å². The van der Waals surface area contributed by atoms with Crippen molar-refractivity contribution in [2.45, 2.75) is 19.4 Å². The lowest BCUT2D eigenvalue weighted by atomic mass is 10.2. The third kappa shape index (κ3) is 2.45. The molecule has 1 rings (SSSR count). The van der Waals surface area contributed by atoms with E-state index >= 15 is 0 Å². The van der Waals surface area contributed by atoms with E-state index in [1.165, 1.54) is 0 Å². The van der Waals surface area contributed by atoms with E-state index in [-0.39, 0.29) is 5.91 Å². The number of likely N-dealkylation sites (tertiary alicyclic amines) is 1. The van der Waals surface area contributed by atoms with Gasteiger partial charge in [0.2, 0.25) is 5.91 Å². The van der Waals surface area contributed by atoms with Crippen molar-refractivity contribution < 1.29 is 9.90 Å². The van der Waals surface area contributed by atoms with Gasteiger partial charge in [-0.05, 0) is 5.92 Å². The lowest BCUT2D eigenvalue weighted by molar-refractivity contribution is -0.128. The van der Waals surface area contributed by atoms with E-state index < -0.39 is 6.10 Å². The first-order chi connectivity index (χ1) is 5.63. The second kappa shape index (κ2) is 4.23. The van der Waals surface area contributed by atoms with Crippen molar-refractivity contribution in [3.63, 3.8) is 0 Å². The number of hydrogen-bond acceptors (Lipinski definition) is 2. The first kappa shape index (κ1) is 9.99. The summed E-state index contributed by atoms with van der Waals surface area (Å²) in [5, 5.41) is 9.81. The summed E-state index contributed by atoms with van der Waals surface area (Å²) >= 11 is 3.17. The fourth-order valence-electron chi connectivity index (χ4n) is 1.45. The average molecular weight is 236 g/mol. The van der Waals surface area contributed by atoms with Gasteiger partial charge in [-0.3, -0.25) is 4.79 Å². The number of aliphatic hydroxyl groups is 1. The zero-order chi connectivity index (χ0) is 9.14. The molecule has 0 radical (unpaired) electrons. The van der Waals surface area contributed by atoms with Gasteiger partial charge in [-0.2, -0.15) is 0 Å². The summed E-state index contributed by atoms with van der Waals surface area (Å²) in [6, 6.07) is 0. The summed E-state index contributed by atoms with van der Waals surface area (Å²) in [7, 11) is 0.